The van der Waals surface area contributed by atoms with Crippen LogP contribution in [0.3, 0.4) is 0 Å². The summed E-state index contributed by atoms with van der Waals surface area (Å²) in [4.78, 5) is 22.8. The Hall–Kier alpha value is -1.30. The SMILES string of the molecule is CC(C)(C)OC(=O)N[C@@H](CCCC1CCCNC1)C(=O)O. The molecule has 122 valence electrons. The van der Waals surface area contributed by atoms with E-state index in [1.807, 2.05) is 0 Å². The molecule has 0 saturated carbocycles. The average Bonchev–Trinajstić information content (AvgIpc) is 2.36. The van der Waals surface area contributed by atoms with Crippen LogP contribution in [-0.4, -0.2) is 41.9 Å². The predicted octanol–water partition coefficient (Wildman–Crippen LogP) is 2.13. The van der Waals surface area contributed by atoms with Gasteiger partial charge in [0.05, 0.1) is 0 Å². The van der Waals surface area contributed by atoms with E-state index in [9.17, 15) is 14.7 Å². The highest BCUT2D eigenvalue weighted by atomic mass is 16.6. The van der Waals surface area contributed by atoms with Gasteiger partial charge in [-0.15, -0.1) is 0 Å². The number of hydrogen-bond acceptors (Lipinski definition) is 4. The lowest BCUT2D eigenvalue weighted by molar-refractivity contribution is -0.139. The smallest absolute Gasteiger partial charge is 0.408 e. The van der Waals surface area contributed by atoms with Crippen LogP contribution in [0.5, 0.6) is 0 Å². The topological polar surface area (TPSA) is 87.7 Å². The number of ether oxygens (including phenoxy) is 1. The summed E-state index contributed by atoms with van der Waals surface area (Å²) >= 11 is 0. The highest BCUT2D eigenvalue weighted by Crippen LogP contribution is 2.17. The van der Waals surface area contributed by atoms with E-state index in [2.05, 4.69) is 10.6 Å². The molecule has 0 aromatic carbocycles. The normalized spacial score (nSPS) is 20.6. The molecule has 1 fully saturated rings. The van der Waals surface area contributed by atoms with Crippen LogP contribution >= 0.6 is 0 Å². The summed E-state index contributed by atoms with van der Waals surface area (Å²) in [5.74, 6) is -0.391. The van der Waals surface area contributed by atoms with Crippen LogP contribution in [0.2, 0.25) is 0 Å². The summed E-state index contributed by atoms with van der Waals surface area (Å²) in [6, 6.07) is -0.878. The molecule has 0 radical (unpaired) electrons. The predicted molar refractivity (Wildman–Crippen MR) is 80.2 cm³/mol. The molecular weight excluding hydrogens is 272 g/mol. The van der Waals surface area contributed by atoms with Crippen molar-refractivity contribution >= 4 is 12.1 Å². The van der Waals surface area contributed by atoms with E-state index >= 15 is 0 Å². The fraction of sp³-hybridized carbons (Fsp3) is 0.867. The van der Waals surface area contributed by atoms with Crippen molar-refractivity contribution in [2.75, 3.05) is 13.1 Å². The van der Waals surface area contributed by atoms with Crippen molar-refractivity contribution in [1.82, 2.24) is 10.6 Å². The summed E-state index contributed by atoms with van der Waals surface area (Å²) < 4.78 is 5.09. The monoisotopic (exact) mass is 300 g/mol. The number of aliphatic carboxylic acids is 1. The maximum atomic E-state index is 11.6. The van der Waals surface area contributed by atoms with E-state index in [1.165, 1.54) is 12.8 Å². The summed E-state index contributed by atoms with van der Waals surface area (Å²) in [7, 11) is 0. The molecule has 1 rings (SSSR count). The van der Waals surface area contributed by atoms with Gasteiger partial charge in [0.15, 0.2) is 0 Å². The third kappa shape index (κ3) is 7.90. The number of carboxylic acids is 1. The van der Waals surface area contributed by atoms with E-state index in [0.29, 0.717) is 12.3 Å². The Kier molecular flexibility index (Phi) is 6.95. The molecule has 1 unspecified atom stereocenters. The van der Waals surface area contributed by atoms with Crippen molar-refractivity contribution in [3.8, 4) is 0 Å². The molecule has 1 heterocycles. The Morgan fingerprint density at radius 3 is 2.67 bits per heavy atom. The molecule has 0 spiro atoms. The lowest BCUT2D eigenvalue weighted by Crippen LogP contribution is -2.43. The molecule has 3 N–H and O–H groups in total. The van der Waals surface area contributed by atoms with E-state index in [-0.39, 0.29) is 0 Å². The second kappa shape index (κ2) is 8.22. The van der Waals surface area contributed by atoms with E-state index < -0.39 is 23.7 Å². The van der Waals surface area contributed by atoms with Gasteiger partial charge < -0.3 is 20.5 Å². The minimum atomic E-state index is -1.01. The maximum Gasteiger partial charge on any atom is 0.408 e. The van der Waals surface area contributed by atoms with E-state index in [4.69, 9.17) is 4.74 Å². The molecule has 6 nitrogen and oxygen atoms in total. The van der Waals surface area contributed by atoms with Crippen molar-refractivity contribution in [3.63, 3.8) is 0 Å². The van der Waals surface area contributed by atoms with Crippen LogP contribution in [0, 0.1) is 5.92 Å². The van der Waals surface area contributed by atoms with Crippen LogP contribution in [0.25, 0.3) is 0 Å². The zero-order valence-electron chi connectivity index (χ0n) is 13.3. The first-order valence-corrected chi connectivity index (χ1v) is 7.71. The van der Waals surface area contributed by atoms with Gasteiger partial charge >= 0.3 is 12.1 Å². The first-order valence-electron chi connectivity index (χ1n) is 7.71. The van der Waals surface area contributed by atoms with Gasteiger partial charge in [0.25, 0.3) is 0 Å². The zero-order chi connectivity index (χ0) is 15.9. The molecule has 0 aromatic rings. The minimum absolute atomic E-state index is 0.436. The summed E-state index contributed by atoms with van der Waals surface area (Å²) in [5.41, 5.74) is -0.624. The third-order valence-corrected chi connectivity index (χ3v) is 3.49. The first kappa shape index (κ1) is 17.8. The molecule has 1 saturated heterocycles. The molecule has 0 aliphatic carbocycles. The Morgan fingerprint density at radius 2 is 2.14 bits per heavy atom. The fourth-order valence-corrected chi connectivity index (χ4v) is 2.49. The number of amides is 1. The highest BCUT2D eigenvalue weighted by molar-refractivity contribution is 5.79. The van der Waals surface area contributed by atoms with Crippen molar-refractivity contribution in [3.05, 3.63) is 0 Å². The maximum absolute atomic E-state index is 11.6. The fourth-order valence-electron chi connectivity index (χ4n) is 2.49. The van der Waals surface area contributed by atoms with Gasteiger partial charge in [-0.3, -0.25) is 0 Å². The number of piperidine rings is 1. The number of rotatable bonds is 6. The number of carbonyl (C=O) groups excluding carboxylic acids is 1. The van der Waals surface area contributed by atoms with Crippen LogP contribution in [-0.2, 0) is 9.53 Å². The summed E-state index contributed by atoms with van der Waals surface area (Å²) in [6.45, 7) is 7.33. The number of carbonyl (C=O) groups is 2. The largest absolute Gasteiger partial charge is 0.480 e. The quantitative estimate of drug-likeness (QED) is 0.699. The number of nitrogens with one attached hydrogen (secondary N) is 2. The van der Waals surface area contributed by atoms with Crippen LogP contribution in [0.15, 0.2) is 0 Å². The van der Waals surface area contributed by atoms with Crippen LogP contribution in [0.1, 0.15) is 52.9 Å². The molecule has 21 heavy (non-hydrogen) atoms. The van der Waals surface area contributed by atoms with Gasteiger partial charge in [0.1, 0.15) is 11.6 Å². The first-order chi connectivity index (χ1) is 9.78. The van der Waals surface area contributed by atoms with Crippen molar-refractivity contribution in [2.24, 2.45) is 5.92 Å². The molecule has 1 aliphatic heterocycles. The Morgan fingerprint density at radius 1 is 1.43 bits per heavy atom. The van der Waals surface area contributed by atoms with Gasteiger partial charge in [-0.1, -0.05) is 6.42 Å². The number of hydrogen-bond donors (Lipinski definition) is 3. The van der Waals surface area contributed by atoms with Crippen molar-refractivity contribution < 1.29 is 19.4 Å². The zero-order valence-corrected chi connectivity index (χ0v) is 13.3. The molecule has 1 aliphatic rings. The van der Waals surface area contributed by atoms with Gasteiger partial charge in [-0.05, 0) is 65.5 Å². The van der Waals surface area contributed by atoms with Gasteiger partial charge in [0.2, 0.25) is 0 Å². The van der Waals surface area contributed by atoms with E-state index in [1.54, 1.807) is 20.8 Å². The number of alkyl carbamates (subject to hydrolysis) is 1. The van der Waals surface area contributed by atoms with Crippen LogP contribution in [0.4, 0.5) is 4.79 Å². The summed E-state index contributed by atoms with van der Waals surface area (Å²) in [5, 5.41) is 15.0. The van der Waals surface area contributed by atoms with Crippen molar-refractivity contribution in [2.45, 2.75) is 64.5 Å². The molecule has 2 atom stereocenters. The molecule has 6 heteroatoms. The molecule has 0 bridgehead atoms. The third-order valence-electron chi connectivity index (χ3n) is 3.49. The lowest BCUT2D eigenvalue weighted by atomic mass is 9.93. The van der Waals surface area contributed by atoms with Gasteiger partial charge in [-0.25, -0.2) is 9.59 Å². The molecule has 1 amide bonds. The number of carboxylic acid groups (broad SMARTS) is 1. The minimum Gasteiger partial charge on any atom is -0.480 e. The Balaban J connectivity index is 2.32. The Bertz CT molecular complexity index is 346. The molecule has 0 aromatic heterocycles. The average molecular weight is 300 g/mol. The second-order valence-electron chi connectivity index (χ2n) is 6.68. The highest BCUT2D eigenvalue weighted by Gasteiger charge is 2.24. The summed E-state index contributed by atoms with van der Waals surface area (Å²) in [6.07, 6.45) is 3.93. The van der Waals surface area contributed by atoms with Gasteiger partial charge in [0, 0.05) is 0 Å². The Labute approximate surface area is 126 Å². The van der Waals surface area contributed by atoms with Crippen molar-refractivity contribution in [1.29, 1.82) is 0 Å². The van der Waals surface area contributed by atoms with Gasteiger partial charge in [-0.2, -0.15) is 0 Å². The second-order valence-corrected chi connectivity index (χ2v) is 6.68. The standard InChI is InChI=1S/C15H28N2O4/c1-15(2,3)21-14(20)17-12(13(18)19)8-4-6-11-7-5-9-16-10-11/h11-12,16H,4-10H2,1-3H3,(H,17,20)(H,18,19)/t11?,12-/m0/s1. The lowest BCUT2D eigenvalue weighted by Gasteiger charge is -2.24. The van der Waals surface area contributed by atoms with Crippen LogP contribution < -0.4 is 10.6 Å². The molecular formula is C15H28N2O4. The van der Waals surface area contributed by atoms with E-state index in [0.717, 1.165) is 25.9 Å².